The Kier molecular flexibility index (Phi) is 4.85. The summed E-state index contributed by atoms with van der Waals surface area (Å²) in [6.45, 7) is 5.88. The third-order valence-corrected chi connectivity index (χ3v) is 4.55. The minimum atomic E-state index is -0.285. The Bertz CT molecular complexity index is 704. The Morgan fingerprint density at radius 3 is 2.22 bits per heavy atom. The molecule has 122 valence electrons. The topological polar surface area (TPSA) is 53.5 Å². The molecule has 0 atom stereocenters. The van der Waals surface area contributed by atoms with Crippen molar-refractivity contribution in [3.63, 3.8) is 0 Å². The van der Waals surface area contributed by atoms with Crippen molar-refractivity contribution in [2.45, 2.75) is 26.3 Å². The number of anilines is 1. The van der Waals surface area contributed by atoms with Crippen molar-refractivity contribution in [3.8, 4) is 0 Å². The average Bonchev–Trinajstić information content (AvgIpc) is 3.02. The van der Waals surface area contributed by atoms with Crippen molar-refractivity contribution < 1.29 is 9.59 Å². The molecule has 5 nitrogen and oxygen atoms in total. The summed E-state index contributed by atoms with van der Waals surface area (Å²) in [5, 5.41) is 2.19. The van der Waals surface area contributed by atoms with Crippen LogP contribution in [0, 0.1) is 0 Å². The monoisotopic (exact) mass is 331 g/mol. The molecule has 0 aliphatic heterocycles. The second-order valence-corrected chi connectivity index (χ2v) is 7.12. The first-order chi connectivity index (χ1) is 10.7. The number of nitrogens with zero attached hydrogens (tertiary/aromatic N) is 3. The Morgan fingerprint density at radius 1 is 1.04 bits per heavy atom. The molecule has 0 bridgehead atoms. The van der Waals surface area contributed by atoms with Gasteiger partial charge in [-0.3, -0.25) is 14.5 Å². The number of aromatic nitrogens is 1. The summed E-state index contributed by atoms with van der Waals surface area (Å²) in [4.78, 5) is 32.3. The summed E-state index contributed by atoms with van der Waals surface area (Å²) in [5.74, 6) is -0.302. The van der Waals surface area contributed by atoms with Crippen molar-refractivity contribution in [2.75, 3.05) is 19.0 Å². The lowest BCUT2D eigenvalue weighted by atomic mass is 10.1. The zero-order valence-electron chi connectivity index (χ0n) is 14.0. The lowest BCUT2D eigenvalue weighted by Gasteiger charge is -2.31. The fourth-order valence-electron chi connectivity index (χ4n) is 1.85. The van der Waals surface area contributed by atoms with Crippen LogP contribution >= 0.6 is 11.3 Å². The molecule has 0 aliphatic carbocycles. The van der Waals surface area contributed by atoms with Gasteiger partial charge in [-0.25, -0.2) is 4.98 Å². The molecule has 6 heteroatoms. The van der Waals surface area contributed by atoms with E-state index in [2.05, 4.69) is 4.98 Å². The highest BCUT2D eigenvalue weighted by Gasteiger charge is 2.26. The Balaban J connectivity index is 2.19. The summed E-state index contributed by atoms with van der Waals surface area (Å²) in [5.41, 5.74) is 0.659. The largest absolute Gasteiger partial charge is 0.336 e. The zero-order chi connectivity index (χ0) is 17.2. The SMILES string of the molecule is CN(C(=O)c1ccccc1)c1nc(C(=O)N(C)C(C)(C)C)cs1. The van der Waals surface area contributed by atoms with Crippen LogP contribution in [0.3, 0.4) is 0 Å². The number of thiazole rings is 1. The maximum atomic E-state index is 12.4. The Morgan fingerprint density at radius 2 is 1.65 bits per heavy atom. The first kappa shape index (κ1) is 17.1. The normalized spacial score (nSPS) is 11.2. The summed E-state index contributed by atoms with van der Waals surface area (Å²) < 4.78 is 0. The number of hydrogen-bond donors (Lipinski definition) is 0. The molecule has 1 aromatic heterocycles. The van der Waals surface area contributed by atoms with Gasteiger partial charge < -0.3 is 4.90 Å². The van der Waals surface area contributed by atoms with E-state index < -0.39 is 0 Å². The van der Waals surface area contributed by atoms with Gasteiger partial charge in [0.05, 0.1) is 0 Å². The summed E-state index contributed by atoms with van der Waals surface area (Å²) in [7, 11) is 3.41. The van der Waals surface area contributed by atoms with Gasteiger partial charge in [0.15, 0.2) is 5.13 Å². The minimum Gasteiger partial charge on any atom is -0.336 e. The van der Waals surface area contributed by atoms with E-state index in [1.807, 2.05) is 39.0 Å². The molecule has 2 aromatic rings. The van der Waals surface area contributed by atoms with Crippen LogP contribution in [0.5, 0.6) is 0 Å². The molecule has 0 aliphatic rings. The minimum absolute atomic E-state index is 0.150. The van der Waals surface area contributed by atoms with Crippen LogP contribution in [0.15, 0.2) is 35.7 Å². The van der Waals surface area contributed by atoms with Crippen molar-refractivity contribution in [2.24, 2.45) is 0 Å². The van der Waals surface area contributed by atoms with Gasteiger partial charge >= 0.3 is 0 Å². The van der Waals surface area contributed by atoms with Gasteiger partial charge in [-0.05, 0) is 32.9 Å². The number of benzene rings is 1. The highest BCUT2D eigenvalue weighted by molar-refractivity contribution is 7.14. The fourth-order valence-corrected chi connectivity index (χ4v) is 2.62. The second-order valence-electron chi connectivity index (χ2n) is 6.28. The Labute approximate surface area is 140 Å². The summed E-state index contributed by atoms with van der Waals surface area (Å²) >= 11 is 1.28. The van der Waals surface area contributed by atoms with Crippen LogP contribution in [0.25, 0.3) is 0 Å². The highest BCUT2D eigenvalue weighted by Crippen LogP contribution is 2.23. The molecule has 1 aromatic carbocycles. The number of carbonyl (C=O) groups is 2. The van der Waals surface area contributed by atoms with Gasteiger partial charge in [0.1, 0.15) is 5.69 Å². The number of hydrogen-bond acceptors (Lipinski definition) is 4. The molecule has 0 saturated heterocycles. The Hall–Kier alpha value is -2.21. The molecule has 2 amide bonds. The van der Waals surface area contributed by atoms with Crippen LogP contribution < -0.4 is 4.90 Å². The fraction of sp³-hybridized carbons (Fsp3) is 0.353. The first-order valence-corrected chi connectivity index (χ1v) is 8.16. The van der Waals surface area contributed by atoms with Crippen LogP contribution in [0.2, 0.25) is 0 Å². The molecule has 0 unspecified atom stereocenters. The molecule has 23 heavy (non-hydrogen) atoms. The van der Waals surface area contributed by atoms with Crippen molar-refractivity contribution in [1.29, 1.82) is 0 Å². The van der Waals surface area contributed by atoms with E-state index >= 15 is 0 Å². The van der Waals surface area contributed by atoms with Crippen molar-refractivity contribution in [3.05, 3.63) is 47.0 Å². The van der Waals surface area contributed by atoms with Gasteiger partial charge in [0.25, 0.3) is 11.8 Å². The van der Waals surface area contributed by atoms with E-state index in [1.165, 1.54) is 16.2 Å². The molecule has 0 fully saturated rings. The van der Waals surface area contributed by atoms with Crippen molar-refractivity contribution >= 4 is 28.3 Å². The van der Waals surface area contributed by atoms with Crippen LogP contribution in [-0.4, -0.2) is 41.3 Å². The number of rotatable bonds is 3. The molecule has 0 radical (unpaired) electrons. The molecular formula is C17H21N3O2S. The van der Waals surface area contributed by atoms with E-state index in [4.69, 9.17) is 0 Å². The lowest BCUT2D eigenvalue weighted by Crippen LogP contribution is -2.42. The highest BCUT2D eigenvalue weighted by atomic mass is 32.1. The maximum Gasteiger partial charge on any atom is 0.273 e. The molecule has 0 N–H and O–H groups in total. The molecule has 0 spiro atoms. The number of carbonyl (C=O) groups excluding carboxylic acids is 2. The summed E-state index contributed by atoms with van der Waals surface area (Å²) in [6, 6.07) is 9.00. The molecule has 0 saturated carbocycles. The van der Waals surface area contributed by atoms with Crippen molar-refractivity contribution in [1.82, 2.24) is 9.88 Å². The smallest absolute Gasteiger partial charge is 0.273 e. The van der Waals surface area contributed by atoms with E-state index in [1.54, 1.807) is 36.5 Å². The van der Waals surface area contributed by atoms with Crippen LogP contribution in [-0.2, 0) is 0 Å². The van der Waals surface area contributed by atoms with Gasteiger partial charge in [-0.1, -0.05) is 18.2 Å². The standard InChI is InChI=1S/C17H21N3O2S/c1-17(2,3)20(5)15(22)13-11-23-16(18-13)19(4)14(21)12-9-7-6-8-10-12/h6-11H,1-5H3. The molecule has 2 rings (SSSR count). The third kappa shape index (κ3) is 3.76. The predicted molar refractivity (Wildman–Crippen MR) is 93.1 cm³/mol. The first-order valence-electron chi connectivity index (χ1n) is 7.28. The lowest BCUT2D eigenvalue weighted by molar-refractivity contribution is 0.0650. The molecular weight excluding hydrogens is 310 g/mol. The summed E-state index contributed by atoms with van der Waals surface area (Å²) in [6.07, 6.45) is 0. The quantitative estimate of drug-likeness (QED) is 0.867. The van der Waals surface area contributed by atoms with Gasteiger partial charge in [-0.15, -0.1) is 11.3 Å². The van der Waals surface area contributed by atoms with Gasteiger partial charge in [0, 0.05) is 30.6 Å². The average molecular weight is 331 g/mol. The third-order valence-electron chi connectivity index (χ3n) is 3.63. The second kappa shape index (κ2) is 6.50. The van der Waals surface area contributed by atoms with E-state index in [9.17, 15) is 9.59 Å². The van der Waals surface area contributed by atoms with Crippen LogP contribution in [0.1, 0.15) is 41.6 Å². The van der Waals surface area contributed by atoms with E-state index in [0.29, 0.717) is 16.4 Å². The maximum absolute atomic E-state index is 12.4. The van der Waals surface area contributed by atoms with E-state index in [0.717, 1.165) is 0 Å². The van der Waals surface area contributed by atoms with Gasteiger partial charge in [0.2, 0.25) is 0 Å². The van der Waals surface area contributed by atoms with Gasteiger partial charge in [-0.2, -0.15) is 0 Å². The number of amides is 2. The molecule has 1 heterocycles. The van der Waals surface area contributed by atoms with E-state index in [-0.39, 0.29) is 17.4 Å². The zero-order valence-corrected chi connectivity index (χ0v) is 14.8. The predicted octanol–water partition coefficient (Wildman–Crippen LogP) is 3.29. The van der Waals surface area contributed by atoms with Crippen LogP contribution in [0.4, 0.5) is 5.13 Å².